The van der Waals surface area contributed by atoms with Gasteiger partial charge in [-0.15, -0.1) is 0 Å². The Labute approximate surface area is 261 Å². The molecule has 252 valence electrons. The number of carbonyl (C=O) groups is 1. The Morgan fingerprint density at radius 2 is 1.02 bits per heavy atom. The smallest absolute Gasteiger partial charge is 0.220 e. The molecule has 0 radical (unpaired) electrons. The van der Waals surface area contributed by atoms with E-state index < -0.39 is 0 Å². The van der Waals surface area contributed by atoms with Gasteiger partial charge in [-0.05, 0) is 141 Å². The van der Waals surface area contributed by atoms with E-state index in [4.69, 9.17) is 11.5 Å². The molecule has 9 N–H and O–H groups in total. The lowest BCUT2D eigenvalue weighted by atomic mass is 9.96. The van der Waals surface area contributed by atoms with Gasteiger partial charge in [0.15, 0.2) is 0 Å². The van der Waals surface area contributed by atoms with Crippen molar-refractivity contribution in [2.24, 2.45) is 29.2 Å². The van der Waals surface area contributed by atoms with Crippen LogP contribution in [0.2, 0.25) is 0 Å². The third-order valence-electron chi connectivity index (χ3n) is 8.10. The van der Waals surface area contributed by atoms with Crippen molar-refractivity contribution in [3.05, 3.63) is 0 Å². The normalized spacial score (nSPS) is 12.5. The second-order valence-electron chi connectivity index (χ2n) is 13.0. The average molecular weight is 598 g/mol. The summed E-state index contributed by atoms with van der Waals surface area (Å²) in [5, 5.41) is 17.5. The molecule has 1 atom stereocenters. The minimum Gasteiger partial charge on any atom is -0.356 e. The van der Waals surface area contributed by atoms with Crippen LogP contribution in [0.15, 0.2) is 0 Å². The average Bonchev–Trinajstić information content (AvgIpc) is 2.97. The minimum absolute atomic E-state index is 0.237. The van der Waals surface area contributed by atoms with Gasteiger partial charge in [0.05, 0.1) is 0 Å². The largest absolute Gasteiger partial charge is 0.356 e. The van der Waals surface area contributed by atoms with Crippen LogP contribution in [-0.2, 0) is 4.79 Å². The Morgan fingerprint density at radius 1 is 0.524 bits per heavy atom. The monoisotopic (exact) mass is 598 g/mol. The molecule has 0 rings (SSSR count). The molecule has 1 unspecified atom stereocenters. The van der Waals surface area contributed by atoms with Crippen LogP contribution >= 0.6 is 0 Å². The molecule has 8 heteroatoms. The number of hydrogen-bond donors (Lipinski definition) is 7. The van der Waals surface area contributed by atoms with Gasteiger partial charge in [-0.25, -0.2) is 0 Å². The highest BCUT2D eigenvalue weighted by atomic mass is 16.1. The minimum atomic E-state index is 0.237. The van der Waals surface area contributed by atoms with E-state index in [1.54, 1.807) is 0 Å². The third kappa shape index (κ3) is 32.2. The van der Waals surface area contributed by atoms with E-state index in [0.717, 1.165) is 104 Å². The van der Waals surface area contributed by atoms with Gasteiger partial charge in [0, 0.05) is 13.0 Å². The van der Waals surface area contributed by atoms with Crippen LogP contribution in [0.5, 0.6) is 0 Å². The molecule has 0 bridgehead atoms. The zero-order valence-corrected chi connectivity index (χ0v) is 28.4. The number of amides is 1. The Hall–Kier alpha value is -0.770. The Kier molecular flexibility index (Phi) is 32.5. The van der Waals surface area contributed by atoms with Crippen LogP contribution in [0.25, 0.3) is 0 Å². The van der Waals surface area contributed by atoms with Gasteiger partial charge in [0.1, 0.15) is 0 Å². The second kappa shape index (κ2) is 33.1. The highest BCUT2D eigenvalue weighted by molar-refractivity contribution is 5.75. The van der Waals surface area contributed by atoms with Gasteiger partial charge in [0.2, 0.25) is 5.91 Å². The number of unbranched alkanes of at least 4 members (excludes halogenated alkanes) is 5. The maximum Gasteiger partial charge on any atom is 0.220 e. The molecule has 0 aromatic heterocycles. The Morgan fingerprint density at radius 3 is 1.57 bits per heavy atom. The fraction of sp³-hybridized carbons (Fsp3) is 0.971. The second-order valence-corrected chi connectivity index (χ2v) is 13.0. The molecule has 0 spiro atoms. The van der Waals surface area contributed by atoms with Gasteiger partial charge in [-0.1, -0.05) is 59.3 Å². The van der Waals surface area contributed by atoms with Crippen LogP contribution < -0.4 is 38.1 Å². The van der Waals surface area contributed by atoms with E-state index in [2.05, 4.69) is 47.4 Å². The first-order valence-electron chi connectivity index (χ1n) is 18.0. The van der Waals surface area contributed by atoms with Gasteiger partial charge in [-0.2, -0.15) is 0 Å². The van der Waals surface area contributed by atoms with E-state index in [0.29, 0.717) is 18.3 Å². The van der Waals surface area contributed by atoms with Gasteiger partial charge >= 0.3 is 0 Å². The van der Waals surface area contributed by atoms with Crippen molar-refractivity contribution in [1.82, 2.24) is 26.6 Å². The quantitative estimate of drug-likeness (QED) is 0.0543. The lowest BCUT2D eigenvalue weighted by Crippen LogP contribution is -2.32. The molecule has 0 fully saturated rings. The van der Waals surface area contributed by atoms with E-state index in [-0.39, 0.29) is 5.91 Å². The third-order valence-corrected chi connectivity index (χ3v) is 8.10. The number of rotatable bonds is 34. The van der Waals surface area contributed by atoms with E-state index in [1.807, 2.05) is 0 Å². The summed E-state index contributed by atoms with van der Waals surface area (Å²) in [6, 6.07) is 0. The fourth-order valence-corrected chi connectivity index (χ4v) is 5.22. The summed E-state index contributed by atoms with van der Waals surface area (Å²) in [6.45, 7) is 17.9. The molecule has 0 saturated carbocycles. The first kappa shape index (κ1) is 41.2. The summed E-state index contributed by atoms with van der Waals surface area (Å²) < 4.78 is 0. The lowest BCUT2D eigenvalue weighted by Gasteiger charge is -2.19. The predicted molar refractivity (Wildman–Crippen MR) is 184 cm³/mol. The molecule has 8 nitrogen and oxygen atoms in total. The van der Waals surface area contributed by atoms with Gasteiger partial charge in [0.25, 0.3) is 0 Å². The number of hydrogen-bond acceptors (Lipinski definition) is 7. The summed E-state index contributed by atoms with van der Waals surface area (Å²) in [5.41, 5.74) is 11.1. The van der Waals surface area contributed by atoms with E-state index in [9.17, 15) is 4.79 Å². The van der Waals surface area contributed by atoms with Gasteiger partial charge in [-0.3, -0.25) is 4.79 Å². The number of carbonyl (C=O) groups excluding carboxylic acids is 1. The molecule has 0 aromatic rings. The first-order chi connectivity index (χ1) is 20.5. The summed E-state index contributed by atoms with van der Waals surface area (Å²) >= 11 is 0. The van der Waals surface area contributed by atoms with E-state index in [1.165, 1.54) is 70.6 Å². The summed E-state index contributed by atoms with van der Waals surface area (Å²) in [7, 11) is 0. The van der Waals surface area contributed by atoms with Crippen LogP contribution in [0.1, 0.15) is 124 Å². The highest BCUT2D eigenvalue weighted by Crippen LogP contribution is 2.16. The first-order valence-corrected chi connectivity index (χ1v) is 18.0. The van der Waals surface area contributed by atoms with Crippen LogP contribution in [0.4, 0.5) is 0 Å². The van der Waals surface area contributed by atoms with Crippen molar-refractivity contribution in [2.75, 3.05) is 72.0 Å². The maximum atomic E-state index is 12.2. The predicted octanol–water partition coefficient (Wildman–Crippen LogP) is 4.53. The van der Waals surface area contributed by atoms with E-state index >= 15 is 0 Å². The van der Waals surface area contributed by atoms with Crippen molar-refractivity contribution in [3.63, 3.8) is 0 Å². The zero-order chi connectivity index (χ0) is 30.9. The topological polar surface area (TPSA) is 129 Å². The van der Waals surface area contributed by atoms with Crippen molar-refractivity contribution in [1.29, 1.82) is 0 Å². The molecular weight excluding hydrogens is 522 g/mol. The molecule has 0 saturated heterocycles. The lowest BCUT2D eigenvalue weighted by molar-refractivity contribution is -0.121. The van der Waals surface area contributed by atoms with Crippen molar-refractivity contribution < 1.29 is 4.79 Å². The summed E-state index contributed by atoms with van der Waals surface area (Å²) in [5.74, 6) is 2.35. The SMILES string of the molecule is CC(C)CCCC(C)CCC(=O)NCCCCCCC(CNCCCCNCCCN)CNCCCCNCCCN. The molecule has 0 heterocycles. The van der Waals surface area contributed by atoms with Crippen molar-refractivity contribution in [2.45, 2.75) is 124 Å². The highest BCUT2D eigenvalue weighted by Gasteiger charge is 2.09. The number of nitrogens with two attached hydrogens (primary N) is 2. The summed E-state index contributed by atoms with van der Waals surface area (Å²) in [6.07, 6.45) is 18.6. The van der Waals surface area contributed by atoms with Crippen molar-refractivity contribution in [3.8, 4) is 0 Å². The van der Waals surface area contributed by atoms with Crippen molar-refractivity contribution >= 4 is 5.91 Å². The maximum absolute atomic E-state index is 12.2. The Balaban J connectivity index is 4.00. The van der Waals surface area contributed by atoms with Crippen LogP contribution in [0, 0.1) is 17.8 Å². The molecule has 0 aromatic carbocycles. The van der Waals surface area contributed by atoms with Crippen LogP contribution in [-0.4, -0.2) is 77.9 Å². The zero-order valence-electron chi connectivity index (χ0n) is 28.4. The standard InChI is InChI=1S/C34H75N7O/c1-31(2)15-12-16-32(3)18-19-34(42)41-28-7-5-4-6-17-33(29-39-24-10-8-22-37-26-13-20-35)30-40-25-11-9-23-38-27-14-21-36/h31-33,37-40H,4-30,35-36H2,1-3H3,(H,41,42). The molecular formula is C34H75N7O. The molecule has 1 amide bonds. The molecule has 0 aliphatic heterocycles. The number of nitrogens with one attached hydrogen (secondary N) is 5. The van der Waals surface area contributed by atoms with Gasteiger partial charge < -0.3 is 38.1 Å². The summed E-state index contributed by atoms with van der Waals surface area (Å²) in [4.78, 5) is 12.2. The molecule has 0 aliphatic carbocycles. The van der Waals surface area contributed by atoms with Crippen LogP contribution in [0.3, 0.4) is 0 Å². The molecule has 0 aliphatic rings. The molecule has 42 heavy (non-hydrogen) atoms. The Bertz CT molecular complexity index is 528. The fourth-order valence-electron chi connectivity index (χ4n) is 5.22.